The van der Waals surface area contributed by atoms with Gasteiger partial charge in [-0.15, -0.1) is 0 Å². The first-order valence-corrected chi connectivity index (χ1v) is 24.9. The van der Waals surface area contributed by atoms with Crippen LogP contribution in [0.2, 0.25) is 0 Å². The van der Waals surface area contributed by atoms with Crippen molar-refractivity contribution in [2.24, 2.45) is 33.7 Å². The lowest BCUT2D eigenvalue weighted by Gasteiger charge is -2.39. The smallest absolute Gasteiger partial charge is 0.159 e. The number of allylic oxidation sites excluding steroid dienone is 22. The quantitative estimate of drug-likeness (QED) is 0.326. The number of aliphatic imine (C=N–C) groups is 2. The third kappa shape index (κ3) is 6.11. The third-order valence-electron chi connectivity index (χ3n) is 16.4. The molecular weight excluding hydrogens is 803 g/mol. The molecule has 0 bridgehead atoms. The molecule has 66 heavy (non-hydrogen) atoms. The monoisotopic (exact) mass is 857 g/mol. The minimum absolute atomic E-state index is 0.139. The molecule has 6 atom stereocenters. The summed E-state index contributed by atoms with van der Waals surface area (Å²) < 4.78 is 2.67. The lowest BCUT2D eigenvalue weighted by molar-refractivity contribution is 0.371. The van der Waals surface area contributed by atoms with Gasteiger partial charge < -0.3 is 14.8 Å². The van der Waals surface area contributed by atoms with E-state index in [4.69, 9.17) is 9.98 Å². The van der Waals surface area contributed by atoms with Crippen LogP contribution in [0, 0.1) is 23.7 Å². The molecule has 2 aromatic rings. The molecule has 0 saturated carbocycles. The molecule has 12 aliphatic rings. The van der Waals surface area contributed by atoms with E-state index in [0.717, 1.165) is 62.2 Å². The van der Waals surface area contributed by atoms with Gasteiger partial charge in [0.1, 0.15) is 12.0 Å². The molecule has 0 spiro atoms. The molecule has 10 aliphatic carbocycles. The maximum Gasteiger partial charge on any atom is 0.159 e. The van der Waals surface area contributed by atoms with E-state index >= 15 is 0 Å². The summed E-state index contributed by atoms with van der Waals surface area (Å²) in [5.41, 5.74) is 19.8. The maximum absolute atomic E-state index is 5.35. The van der Waals surface area contributed by atoms with Crippen LogP contribution in [-0.2, 0) is 6.42 Å². The van der Waals surface area contributed by atoms with E-state index in [1.54, 1.807) is 11.1 Å². The molecule has 1 aromatic carbocycles. The van der Waals surface area contributed by atoms with Gasteiger partial charge in [0.05, 0.1) is 11.4 Å². The molecule has 5 nitrogen and oxygen atoms in total. The molecule has 3 heterocycles. The van der Waals surface area contributed by atoms with Crippen LogP contribution >= 0.6 is 0 Å². The Morgan fingerprint density at radius 2 is 1.65 bits per heavy atom. The van der Waals surface area contributed by atoms with Crippen molar-refractivity contribution >= 4 is 35.2 Å². The highest BCUT2D eigenvalue weighted by atomic mass is 15.2. The summed E-state index contributed by atoms with van der Waals surface area (Å²) in [6.45, 7) is 0. The van der Waals surface area contributed by atoms with E-state index in [2.05, 4.69) is 173 Å². The normalized spacial score (nSPS) is 29.5. The molecular formula is C61H55N5. The number of fused-ring (bicyclic) bond motifs is 8. The van der Waals surface area contributed by atoms with Crippen molar-refractivity contribution in [2.75, 3.05) is 0 Å². The predicted molar refractivity (Wildman–Crippen MR) is 271 cm³/mol. The van der Waals surface area contributed by atoms with Gasteiger partial charge in [0, 0.05) is 62.8 Å². The molecule has 0 saturated heterocycles. The van der Waals surface area contributed by atoms with Crippen LogP contribution in [0.1, 0.15) is 81.0 Å². The van der Waals surface area contributed by atoms with Crippen LogP contribution in [0.4, 0.5) is 0 Å². The van der Waals surface area contributed by atoms with Gasteiger partial charge in [-0.05, 0) is 122 Å². The molecule has 14 rings (SSSR count). The second kappa shape index (κ2) is 15.4. The standard InChI is InChI=1S/C61H55N5/c1-2-16-40(17-3-1)59-62-60(64-61(63-59)50-26-14-21-39-15-6-8-22-47(39)50)44-30-29-38-31-32-46(34-45(38)33-44)65-54-28-13-11-25-51(54)57-56(65)37-43-20-7-9-23-48(43)58(57)66-53-27-12-10-24-49(53)52-35-41-18-4-5-19-42(41)36-55(52)66/h1-5,7,9-12,16-20,24-27,29-32,34-35,37,42,45,48-49,53,61H,6,8,13-15,21-23,28,33,36H2,(H,62,63,64). The van der Waals surface area contributed by atoms with Crippen LogP contribution in [0.15, 0.2) is 206 Å². The summed E-state index contributed by atoms with van der Waals surface area (Å²) in [7, 11) is 0. The van der Waals surface area contributed by atoms with Crippen molar-refractivity contribution in [3.63, 3.8) is 0 Å². The van der Waals surface area contributed by atoms with E-state index in [1.165, 1.54) is 98.0 Å². The molecule has 1 aromatic heterocycles. The number of rotatable bonds is 5. The predicted octanol–water partition coefficient (Wildman–Crippen LogP) is 11.3. The maximum atomic E-state index is 5.35. The Morgan fingerprint density at radius 3 is 2.62 bits per heavy atom. The number of nitrogens with one attached hydrogen (secondary N) is 1. The lowest BCUT2D eigenvalue weighted by Crippen LogP contribution is -2.45. The van der Waals surface area contributed by atoms with Crippen LogP contribution in [0.5, 0.6) is 0 Å². The van der Waals surface area contributed by atoms with Gasteiger partial charge in [-0.25, -0.2) is 9.98 Å². The average molecular weight is 858 g/mol. The zero-order chi connectivity index (χ0) is 43.3. The van der Waals surface area contributed by atoms with Crippen molar-refractivity contribution in [1.29, 1.82) is 0 Å². The molecule has 6 unspecified atom stereocenters. The molecule has 0 fully saturated rings. The second-order valence-electron chi connectivity index (χ2n) is 20.0. The van der Waals surface area contributed by atoms with Gasteiger partial charge in [-0.1, -0.05) is 151 Å². The minimum Gasteiger partial charge on any atom is -0.344 e. The summed E-state index contributed by atoms with van der Waals surface area (Å²) in [5, 5.41) is 6.70. The zero-order valence-corrected chi connectivity index (χ0v) is 37.5. The fraction of sp³-hybridized carbons (Fsp3) is 0.279. The fourth-order valence-electron chi connectivity index (χ4n) is 13.3. The Balaban J connectivity index is 0.875. The number of aromatic nitrogens is 1. The highest BCUT2D eigenvalue weighted by Crippen LogP contribution is 2.51. The van der Waals surface area contributed by atoms with Gasteiger partial charge in [-0.2, -0.15) is 0 Å². The van der Waals surface area contributed by atoms with Crippen molar-refractivity contribution in [1.82, 2.24) is 14.8 Å². The van der Waals surface area contributed by atoms with Gasteiger partial charge in [0.25, 0.3) is 0 Å². The molecule has 0 radical (unpaired) electrons. The van der Waals surface area contributed by atoms with E-state index in [0.29, 0.717) is 17.8 Å². The summed E-state index contributed by atoms with van der Waals surface area (Å²) in [5.74, 6) is 3.07. The lowest BCUT2D eigenvalue weighted by atomic mass is 9.80. The second-order valence-corrected chi connectivity index (χ2v) is 20.0. The first-order valence-electron chi connectivity index (χ1n) is 24.9. The van der Waals surface area contributed by atoms with E-state index in [-0.39, 0.29) is 18.1 Å². The van der Waals surface area contributed by atoms with Gasteiger partial charge in [0.2, 0.25) is 0 Å². The van der Waals surface area contributed by atoms with Crippen LogP contribution in [-0.4, -0.2) is 33.3 Å². The van der Waals surface area contributed by atoms with Crippen LogP contribution in [0.3, 0.4) is 0 Å². The van der Waals surface area contributed by atoms with Gasteiger partial charge in [-0.3, -0.25) is 0 Å². The van der Waals surface area contributed by atoms with Crippen molar-refractivity contribution < 1.29 is 0 Å². The summed E-state index contributed by atoms with van der Waals surface area (Å²) in [6.07, 6.45) is 62.4. The topological polar surface area (TPSA) is 44.9 Å². The Bertz CT molecular complexity index is 3210. The number of hydrogen-bond donors (Lipinski definition) is 1. The van der Waals surface area contributed by atoms with E-state index in [1.807, 2.05) is 0 Å². The summed E-state index contributed by atoms with van der Waals surface area (Å²) >= 11 is 0. The number of hydrogen-bond acceptors (Lipinski definition) is 4. The first-order chi connectivity index (χ1) is 32.7. The van der Waals surface area contributed by atoms with Gasteiger partial charge in [0.15, 0.2) is 5.84 Å². The van der Waals surface area contributed by atoms with Crippen LogP contribution in [0.25, 0.3) is 23.5 Å². The number of amidine groups is 2. The summed E-state index contributed by atoms with van der Waals surface area (Å²) in [6, 6.07) is 10.9. The third-order valence-corrected chi connectivity index (χ3v) is 16.4. The SMILES string of the molecule is C1=CCC2C(=C1)C=c1c(c3c(n1C1=CC4CC(C5=NC(c6ccccc6)=NC(C6=CCCC7=C6CCCC7)N5)=CC=C4C=C1)CCC=C3)=C2N1C2=C(C=C3C=CC=CC3C2)C2C=CC=CC21. The number of benzene rings is 1. The molecule has 0 amide bonds. The Labute approximate surface area is 388 Å². The van der Waals surface area contributed by atoms with Gasteiger partial charge >= 0.3 is 0 Å². The molecule has 324 valence electrons. The number of nitrogens with zero attached hydrogens (tertiary/aromatic N) is 4. The summed E-state index contributed by atoms with van der Waals surface area (Å²) in [4.78, 5) is 13.5. The van der Waals surface area contributed by atoms with Crippen molar-refractivity contribution in [2.45, 2.75) is 82.8 Å². The largest absolute Gasteiger partial charge is 0.344 e. The highest BCUT2D eigenvalue weighted by Gasteiger charge is 2.45. The molecule has 5 heteroatoms. The zero-order valence-electron chi connectivity index (χ0n) is 37.5. The van der Waals surface area contributed by atoms with Crippen molar-refractivity contribution in [3.05, 3.63) is 223 Å². The van der Waals surface area contributed by atoms with Crippen LogP contribution < -0.4 is 15.9 Å². The van der Waals surface area contributed by atoms with E-state index < -0.39 is 0 Å². The van der Waals surface area contributed by atoms with E-state index in [9.17, 15) is 0 Å². The Hall–Kier alpha value is -6.72. The molecule has 1 N–H and O–H groups in total. The Morgan fingerprint density at radius 1 is 0.727 bits per heavy atom. The minimum atomic E-state index is -0.139. The fourth-order valence-corrected chi connectivity index (χ4v) is 13.3. The Kier molecular flexibility index (Phi) is 9.02. The highest BCUT2D eigenvalue weighted by molar-refractivity contribution is 6.13. The molecule has 2 aliphatic heterocycles. The van der Waals surface area contributed by atoms with Crippen molar-refractivity contribution in [3.8, 4) is 0 Å². The average Bonchev–Trinajstić information content (AvgIpc) is 3.88. The first kappa shape index (κ1) is 38.5.